The summed E-state index contributed by atoms with van der Waals surface area (Å²) in [6.45, 7) is 0.519. The molecule has 4 rings (SSSR count). The van der Waals surface area contributed by atoms with E-state index in [4.69, 9.17) is 16.3 Å². The highest BCUT2D eigenvalue weighted by atomic mass is 35.5. The van der Waals surface area contributed by atoms with Crippen LogP contribution in [0.25, 0.3) is 5.65 Å². The summed E-state index contributed by atoms with van der Waals surface area (Å²) >= 11 is 6.18. The number of hydrogen-bond acceptors (Lipinski definition) is 7. The van der Waals surface area contributed by atoms with Crippen LogP contribution in [0.5, 0.6) is 5.75 Å². The van der Waals surface area contributed by atoms with Gasteiger partial charge in [-0.1, -0.05) is 23.7 Å². The number of pyridine rings is 1. The van der Waals surface area contributed by atoms with Gasteiger partial charge < -0.3 is 20.5 Å². The van der Waals surface area contributed by atoms with E-state index in [1.165, 1.54) is 23.0 Å². The van der Waals surface area contributed by atoms with Crippen LogP contribution < -0.4 is 15.4 Å². The van der Waals surface area contributed by atoms with Crippen molar-refractivity contribution in [1.29, 1.82) is 0 Å². The van der Waals surface area contributed by atoms with Crippen molar-refractivity contribution in [2.45, 2.75) is 12.8 Å². The number of ether oxygens (including phenoxy) is 1. The van der Waals surface area contributed by atoms with Crippen LogP contribution in [0.1, 0.15) is 17.5 Å². The molecule has 0 bridgehead atoms. The van der Waals surface area contributed by atoms with Crippen molar-refractivity contribution in [3.05, 3.63) is 77.2 Å². The molecule has 0 aliphatic carbocycles. The van der Waals surface area contributed by atoms with Crippen molar-refractivity contribution < 1.29 is 14.2 Å². The molecule has 3 heterocycles. The van der Waals surface area contributed by atoms with E-state index < -0.39 is 12.0 Å². The number of rotatable bonds is 7. The first-order valence-electron chi connectivity index (χ1n) is 9.00. The normalized spacial score (nSPS) is 12.0. The number of aliphatic hydroxyl groups is 1. The summed E-state index contributed by atoms with van der Waals surface area (Å²) in [6.07, 6.45) is 2.66. The third kappa shape index (κ3) is 4.12. The molecule has 3 aromatic heterocycles. The Morgan fingerprint density at radius 3 is 2.73 bits per heavy atom. The van der Waals surface area contributed by atoms with Gasteiger partial charge in [0.2, 0.25) is 0 Å². The first-order chi connectivity index (χ1) is 14.5. The van der Waals surface area contributed by atoms with Crippen LogP contribution in [0.2, 0.25) is 5.15 Å². The Kier molecular flexibility index (Phi) is 5.64. The van der Waals surface area contributed by atoms with Crippen LogP contribution in [-0.4, -0.2) is 31.8 Å². The van der Waals surface area contributed by atoms with Gasteiger partial charge in [-0.15, -0.1) is 0 Å². The van der Waals surface area contributed by atoms with Crippen molar-refractivity contribution in [3.8, 4) is 5.75 Å². The van der Waals surface area contributed by atoms with E-state index in [2.05, 4.69) is 25.7 Å². The first kappa shape index (κ1) is 19.9. The van der Waals surface area contributed by atoms with Gasteiger partial charge in [0.15, 0.2) is 22.8 Å². The van der Waals surface area contributed by atoms with Crippen molar-refractivity contribution >= 4 is 28.6 Å². The number of anilines is 2. The monoisotopic (exact) mass is 428 g/mol. The van der Waals surface area contributed by atoms with Crippen LogP contribution in [0.15, 0.2) is 55.0 Å². The Bertz CT molecular complexity index is 1170. The van der Waals surface area contributed by atoms with Gasteiger partial charge in [0.05, 0.1) is 30.9 Å². The molecule has 30 heavy (non-hydrogen) atoms. The van der Waals surface area contributed by atoms with Crippen molar-refractivity contribution in [3.63, 3.8) is 0 Å². The number of methoxy groups -OCH3 is 1. The molecule has 0 spiro atoms. The molecule has 0 amide bonds. The molecule has 3 N–H and O–H groups in total. The number of aromatic nitrogens is 4. The van der Waals surface area contributed by atoms with E-state index in [0.717, 1.165) is 17.5 Å². The number of nitrogens with zero attached hydrogens (tertiary/aromatic N) is 4. The second-order valence-corrected chi connectivity index (χ2v) is 6.79. The van der Waals surface area contributed by atoms with E-state index >= 15 is 0 Å². The summed E-state index contributed by atoms with van der Waals surface area (Å²) < 4.78 is 20.4. The Morgan fingerprint density at radius 2 is 2.00 bits per heavy atom. The maximum Gasteiger partial charge on any atom is 0.177 e. The van der Waals surface area contributed by atoms with E-state index in [1.807, 2.05) is 24.3 Å². The topological polar surface area (TPSA) is 96.6 Å². The van der Waals surface area contributed by atoms with Gasteiger partial charge in [-0.05, 0) is 23.8 Å². The molecule has 0 radical (unpaired) electrons. The molecule has 0 aliphatic heterocycles. The average Bonchev–Trinajstić information content (AvgIpc) is 3.18. The molecule has 0 saturated heterocycles. The molecule has 0 aliphatic rings. The van der Waals surface area contributed by atoms with Crippen molar-refractivity contribution in [2.75, 3.05) is 17.7 Å². The molecule has 8 nitrogen and oxygen atoms in total. The summed E-state index contributed by atoms with van der Waals surface area (Å²) in [5, 5.41) is 20.9. The summed E-state index contributed by atoms with van der Waals surface area (Å²) in [7, 11) is 1.62. The van der Waals surface area contributed by atoms with E-state index in [0.29, 0.717) is 23.6 Å². The highest BCUT2D eigenvalue weighted by molar-refractivity contribution is 6.29. The van der Waals surface area contributed by atoms with Crippen molar-refractivity contribution in [2.24, 2.45) is 0 Å². The third-order valence-corrected chi connectivity index (χ3v) is 4.64. The first-order valence-corrected chi connectivity index (χ1v) is 9.38. The highest BCUT2D eigenvalue weighted by Crippen LogP contribution is 2.25. The molecule has 1 unspecified atom stereocenters. The second kappa shape index (κ2) is 8.52. The highest BCUT2D eigenvalue weighted by Gasteiger charge is 2.18. The predicted molar refractivity (Wildman–Crippen MR) is 111 cm³/mol. The molecular formula is C20H18ClFN6O2. The summed E-state index contributed by atoms with van der Waals surface area (Å²) in [5.74, 6) is 0.191. The van der Waals surface area contributed by atoms with Gasteiger partial charge in [0.1, 0.15) is 11.4 Å². The smallest absolute Gasteiger partial charge is 0.177 e. The number of nitrogens with one attached hydrogen (secondary N) is 2. The summed E-state index contributed by atoms with van der Waals surface area (Å²) in [4.78, 5) is 8.02. The number of benzene rings is 1. The third-order valence-electron chi connectivity index (χ3n) is 4.45. The molecule has 0 fully saturated rings. The number of aliphatic hydroxyl groups excluding tert-OH is 1. The van der Waals surface area contributed by atoms with E-state index in [-0.39, 0.29) is 10.8 Å². The zero-order valence-corrected chi connectivity index (χ0v) is 16.6. The van der Waals surface area contributed by atoms with E-state index in [1.54, 1.807) is 13.2 Å². The quantitative estimate of drug-likeness (QED) is 0.387. The van der Waals surface area contributed by atoms with Crippen LogP contribution in [0.3, 0.4) is 0 Å². The SMILES string of the molecule is COc1ccc(CNc2cc(Cl)nn3c(C(O)Nc4ccncc4F)cnc23)cc1. The van der Waals surface area contributed by atoms with Gasteiger partial charge in [0, 0.05) is 18.8 Å². The molecule has 0 saturated carbocycles. The summed E-state index contributed by atoms with van der Waals surface area (Å²) in [5.41, 5.74) is 2.55. The Morgan fingerprint density at radius 1 is 1.20 bits per heavy atom. The molecule has 10 heteroatoms. The fourth-order valence-electron chi connectivity index (χ4n) is 2.93. The molecular weight excluding hydrogens is 411 g/mol. The molecule has 1 atom stereocenters. The number of fused-ring (bicyclic) bond motifs is 1. The van der Waals surface area contributed by atoms with Crippen LogP contribution in [0.4, 0.5) is 15.8 Å². The second-order valence-electron chi connectivity index (χ2n) is 6.40. The van der Waals surface area contributed by atoms with Gasteiger partial charge in [-0.2, -0.15) is 5.10 Å². The van der Waals surface area contributed by atoms with Crippen LogP contribution >= 0.6 is 11.6 Å². The van der Waals surface area contributed by atoms with E-state index in [9.17, 15) is 9.50 Å². The zero-order valence-electron chi connectivity index (χ0n) is 15.9. The number of imidazole rings is 1. The standard InChI is InChI=1S/C20H18ClFN6O2/c1-30-13-4-2-12(3-5-13)9-24-16-8-18(21)27-28-17(11-25-19(16)28)20(29)26-15-6-7-23-10-14(15)22/h2-8,10-11,20,24,29H,9H2,1H3,(H,23,26). The minimum atomic E-state index is -1.27. The van der Waals surface area contributed by atoms with Gasteiger partial charge in [-0.3, -0.25) is 4.98 Å². The lowest BCUT2D eigenvalue weighted by Crippen LogP contribution is -2.14. The average molecular weight is 429 g/mol. The van der Waals surface area contributed by atoms with Crippen LogP contribution in [-0.2, 0) is 6.54 Å². The lowest BCUT2D eigenvalue weighted by atomic mass is 10.2. The summed E-state index contributed by atoms with van der Waals surface area (Å²) in [6, 6.07) is 10.7. The lowest BCUT2D eigenvalue weighted by molar-refractivity contribution is 0.200. The maximum atomic E-state index is 13.8. The Balaban J connectivity index is 1.58. The predicted octanol–water partition coefficient (Wildman–Crippen LogP) is 3.64. The lowest BCUT2D eigenvalue weighted by Gasteiger charge is -2.14. The largest absolute Gasteiger partial charge is 0.497 e. The minimum absolute atomic E-state index is 0.104. The van der Waals surface area contributed by atoms with Crippen LogP contribution in [0, 0.1) is 5.82 Å². The zero-order chi connectivity index (χ0) is 21.1. The van der Waals surface area contributed by atoms with Gasteiger partial charge in [-0.25, -0.2) is 13.9 Å². The van der Waals surface area contributed by atoms with Gasteiger partial charge >= 0.3 is 0 Å². The molecule has 154 valence electrons. The maximum absolute atomic E-state index is 13.8. The molecule has 1 aromatic carbocycles. The number of hydrogen-bond donors (Lipinski definition) is 3. The Labute approximate surface area is 176 Å². The molecule has 4 aromatic rings. The van der Waals surface area contributed by atoms with Crippen molar-refractivity contribution in [1.82, 2.24) is 19.6 Å². The minimum Gasteiger partial charge on any atom is -0.497 e. The Hall–Kier alpha value is -3.43. The fraction of sp³-hybridized carbons (Fsp3) is 0.150. The van der Waals surface area contributed by atoms with Gasteiger partial charge in [0.25, 0.3) is 0 Å². The fourth-order valence-corrected chi connectivity index (χ4v) is 3.11. The number of halogens is 2.